The SMILES string of the molecule is Clc1ccc(Cl)c(-c2ccc(CNc3ncn[nH]3)o2)c1. The number of halogens is 2. The van der Waals surface area contributed by atoms with Crippen LogP contribution in [0.4, 0.5) is 5.95 Å². The van der Waals surface area contributed by atoms with Crippen LogP contribution in [-0.4, -0.2) is 15.2 Å². The molecule has 1 aromatic carbocycles. The van der Waals surface area contributed by atoms with E-state index in [-0.39, 0.29) is 0 Å². The molecule has 3 aromatic rings. The molecule has 0 aliphatic rings. The predicted octanol–water partition coefficient (Wildman–Crippen LogP) is 3.98. The molecule has 0 aliphatic carbocycles. The van der Waals surface area contributed by atoms with Gasteiger partial charge in [0, 0.05) is 10.6 Å². The van der Waals surface area contributed by atoms with Gasteiger partial charge < -0.3 is 9.73 Å². The van der Waals surface area contributed by atoms with Crippen molar-refractivity contribution in [1.82, 2.24) is 15.2 Å². The van der Waals surface area contributed by atoms with Crippen molar-refractivity contribution in [2.45, 2.75) is 6.54 Å². The molecule has 0 amide bonds. The third-order valence-electron chi connectivity index (χ3n) is 2.70. The lowest BCUT2D eigenvalue weighted by Gasteiger charge is -2.02. The van der Waals surface area contributed by atoms with Crippen LogP contribution in [0.25, 0.3) is 11.3 Å². The van der Waals surface area contributed by atoms with Crippen LogP contribution < -0.4 is 5.32 Å². The molecular weight excluding hydrogens is 299 g/mol. The van der Waals surface area contributed by atoms with Gasteiger partial charge in [-0.2, -0.15) is 5.10 Å². The molecule has 2 N–H and O–H groups in total. The summed E-state index contributed by atoms with van der Waals surface area (Å²) in [5, 5.41) is 10.7. The molecule has 0 fully saturated rings. The number of anilines is 1. The summed E-state index contributed by atoms with van der Waals surface area (Å²) >= 11 is 12.1. The van der Waals surface area contributed by atoms with Gasteiger partial charge in [-0.15, -0.1) is 0 Å². The Labute approximate surface area is 124 Å². The topological polar surface area (TPSA) is 66.7 Å². The maximum Gasteiger partial charge on any atom is 0.218 e. The summed E-state index contributed by atoms with van der Waals surface area (Å²) in [6.45, 7) is 0.493. The lowest BCUT2D eigenvalue weighted by atomic mass is 10.2. The van der Waals surface area contributed by atoms with Crippen LogP contribution >= 0.6 is 23.2 Å². The highest BCUT2D eigenvalue weighted by Gasteiger charge is 2.09. The zero-order valence-corrected chi connectivity index (χ0v) is 11.7. The first-order chi connectivity index (χ1) is 9.72. The summed E-state index contributed by atoms with van der Waals surface area (Å²) in [4.78, 5) is 3.96. The molecule has 2 heterocycles. The van der Waals surface area contributed by atoms with Crippen molar-refractivity contribution in [1.29, 1.82) is 0 Å². The zero-order chi connectivity index (χ0) is 13.9. The minimum atomic E-state index is 0.493. The molecule has 0 bridgehead atoms. The van der Waals surface area contributed by atoms with Gasteiger partial charge in [-0.1, -0.05) is 23.2 Å². The van der Waals surface area contributed by atoms with Gasteiger partial charge in [0.05, 0.1) is 11.6 Å². The Hall–Kier alpha value is -1.98. The second-order valence-corrected chi connectivity index (χ2v) is 4.92. The molecule has 0 aliphatic heterocycles. The fourth-order valence-electron chi connectivity index (χ4n) is 1.77. The summed E-state index contributed by atoms with van der Waals surface area (Å²) in [7, 11) is 0. The van der Waals surface area contributed by atoms with Crippen LogP contribution in [0.1, 0.15) is 5.76 Å². The Morgan fingerprint density at radius 1 is 1.20 bits per heavy atom. The number of furan rings is 1. The third-order valence-corrected chi connectivity index (χ3v) is 3.27. The first kappa shape index (κ1) is 13.0. The Bertz CT molecular complexity index is 709. The molecule has 0 atom stereocenters. The lowest BCUT2D eigenvalue weighted by Crippen LogP contribution is -1.99. The van der Waals surface area contributed by atoms with Crippen molar-refractivity contribution in [3.8, 4) is 11.3 Å². The average molecular weight is 309 g/mol. The summed E-state index contributed by atoms with van der Waals surface area (Å²) in [6.07, 6.45) is 1.43. The summed E-state index contributed by atoms with van der Waals surface area (Å²) < 4.78 is 5.74. The number of rotatable bonds is 4. The van der Waals surface area contributed by atoms with E-state index in [2.05, 4.69) is 20.5 Å². The van der Waals surface area contributed by atoms with E-state index in [4.69, 9.17) is 27.6 Å². The van der Waals surface area contributed by atoms with E-state index in [0.29, 0.717) is 28.3 Å². The van der Waals surface area contributed by atoms with Gasteiger partial charge in [0.2, 0.25) is 5.95 Å². The summed E-state index contributed by atoms with van der Waals surface area (Å²) in [5.41, 5.74) is 0.769. The molecule has 0 saturated carbocycles. The van der Waals surface area contributed by atoms with Crippen LogP contribution in [0.2, 0.25) is 10.0 Å². The number of hydrogen-bond donors (Lipinski definition) is 2. The number of nitrogens with one attached hydrogen (secondary N) is 2. The second-order valence-electron chi connectivity index (χ2n) is 4.08. The van der Waals surface area contributed by atoms with Crippen LogP contribution in [0.5, 0.6) is 0 Å². The quantitative estimate of drug-likeness (QED) is 0.765. The predicted molar refractivity (Wildman–Crippen MR) is 77.9 cm³/mol. The number of nitrogens with zero attached hydrogens (tertiary/aromatic N) is 2. The Kier molecular flexibility index (Phi) is 3.62. The Morgan fingerprint density at radius 3 is 2.90 bits per heavy atom. The Balaban J connectivity index is 1.77. The van der Waals surface area contributed by atoms with Crippen molar-refractivity contribution >= 4 is 29.2 Å². The van der Waals surface area contributed by atoms with Gasteiger partial charge in [-0.05, 0) is 30.3 Å². The molecule has 0 spiro atoms. The van der Waals surface area contributed by atoms with Gasteiger partial charge in [0.1, 0.15) is 17.8 Å². The number of hydrogen-bond acceptors (Lipinski definition) is 4. The van der Waals surface area contributed by atoms with Gasteiger partial charge in [0.25, 0.3) is 0 Å². The van der Waals surface area contributed by atoms with Crippen molar-refractivity contribution < 1.29 is 4.42 Å². The minimum Gasteiger partial charge on any atom is -0.459 e. The van der Waals surface area contributed by atoms with E-state index in [1.54, 1.807) is 18.2 Å². The van der Waals surface area contributed by atoms with E-state index in [9.17, 15) is 0 Å². The lowest BCUT2D eigenvalue weighted by molar-refractivity contribution is 0.531. The van der Waals surface area contributed by atoms with Gasteiger partial charge in [-0.25, -0.2) is 10.1 Å². The monoisotopic (exact) mass is 308 g/mol. The van der Waals surface area contributed by atoms with Gasteiger partial charge in [0.15, 0.2) is 0 Å². The fourth-order valence-corrected chi connectivity index (χ4v) is 2.15. The van der Waals surface area contributed by atoms with Crippen molar-refractivity contribution in [3.05, 3.63) is 52.5 Å². The molecule has 5 nitrogen and oxygen atoms in total. The number of aromatic amines is 1. The molecular formula is C13H10Cl2N4O. The van der Waals surface area contributed by atoms with E-state index in [0.717, 1.165) is 11.3 Å². The maximum atomic E-state index is 6.14. The fraction of sp³-hybridized carbons (Fsp3) is 0.0769. The maximum absolute atomic E-state index is 6.14. The molecule has 0 saturated heterocycles. The number of H-pyrrole nitrogens is 1. The van der Waals surface area contributed by atoms with Crippen molar-refractivity contribution in [2.75, 3.05) is 5.32 Å². The van der Waals surface area contributed by atoms with Crippen molar-refractivity contribution in [2.24, 2.45) is 0 Å². The molecule has 3 rings (SSSR count). The molecule has 20 heavy (non-hydrogen) atoms. The number of benzene rings is 1. The van der Waals surface area contributed by atoms with Crippen LogP contribution in [0.3, 0.4) is 0 Å². The van der Waals surface area contributed by atoms with E-state index in [1.807, 2.05) is 12.1 Å². The highest BCUT2D eigenvalue weighted by Crippen LogP contribution is 2.31. The van der Waals surface area contributed by atoms with Crippen LogP contribution in [0.15, 0.2) is 41.1 Å². The van der Waals surface area contributed by atoms with Crippen LogP contribution in [0, 0.1) is 0 Å². The van der Waals surface area contributed by atoms with E-state index >= 15 is 0 Å². The minimum absolute atomic E-state index is 0.493. The summed E-state index contributed by atoms with van der Waals surface area (Å²) in [6, 6.07) is 8.98. The highest BCUT2D eigenvalue weighted by atomic mass is 35.5. The van der Waals surface area contributed by atoms with Crippen molar-refractivity contribution in [3.63, 3.8) is 0 Å². The molecule has 7 heteroatoms. The van der Waals surface area contributed by atoms with Gasteiger partial charge >= 0.3 is 0 Å². The summed E-state index contributed by atoms with van der Waals surface area (Å²) in [5.74, 6) is 2.02. The largest absolute Gasteiger partial charge is 0.459 e. The standard InChI is InChI=1S/C13H10Cl2N4O/c14-8-1-3-11(15)10(5-8)12-4-2-9(20-12)6-16-13-17-7-18-19-13/h1-5,7H,6H2,(H2,16,17,18,19). The molecule has 102 valence electrons. The second kappa shape index (κ2) is 5.56. The normalized spacial score (nSPS) is 10.7. The first-order valence-electron chi connectivity index (χ1n) is 5.86. The first-order valence-corrected chi connectivity index (χ1v) is 6.61. The van der Waals surface area contributed by atoms with Crippen LogP contribution in [-0.2, 0) is 6.54 Å². The molecule has 0 unspecified atom stereocenters. The number of aromatic nitrogens is 3. The average Bonchev–Trinajstić information content (AvgIpc) is 3.10. The highest BCUT2D eigenvalue weighted by molar-refractivity contribution is 6.35. The third kappa shape index (κ3) is 2.79. The van der Waals surface area contributed by atoms with E-state index in [1.165, 1.54) is 6.33 Å². The van der Waals surface area contributed by atoms with Gasteiger partial charge in [-0.3, -0.25) is 0 Å². The zero-order valence-electron chi connectivity index (χ0n) is 10.2. The Morgan fingerprint density at radius 2 is 2.10 bits per heavy atom. The molecule has 2 aromatic heterocycles. The smallest absolute Gasteiger partial charge is 0.218 e. The van der Waals surface area contributed by atoms with E-state index < -0.39 is 0 Å². The molecule has 0 radical (unpaired) electrons.